The van der Waals surface area contributed by atoms with Crippen LogP contribution in [0.3, 0.4) is 0 Å². The molecule has 0 spiro atoms. The lowest BCUT2D eigenvalue weighted by atomic mass is 10.0. The van der Waals surface area contributed by atoms with Crippen molar-refractivity contribution in [1.82, 2.24) is 19.8 Å². The van der Waals surface area contributed by atoms with Crippen LogP contribution in [0.5, 0.6) is 0 Å². The van der Waals surface area contributed by atoms with Crippen molar-refractivity contribution in [3.8, 4) is 0 Å². The number of fused-ring (bicyclic) bond motifs is 1. The summed E-state index contributed by atoms with van der Waals surface area (Å²) in [7, 11) is 1.72. The van der Waals surface area contributed by atoms with Gasteiger partial charge in [0.15, 0.2) is 0 Å². The van der Waals surface area contributed by atoms with Gasteiger partial charge in [0, 0.05) is 33.0 Å². The number of rotatable bonds is 3. The van der Waals surface area contributed by atoms with Gasteiger partial charge in [-0.2, -0.15) is 0 Å². The minimum Gasteiger partial charge on any atom is -0.375 e. The van der Waals surface area contributed by atoms with Gasteiger partial charge < -0.3 is 10.1 Å². The van der Waals surface area contributed by atoms with Crippen molar-refractivity contribution >= 4 is 22.8 Å². The van der Waals surface area contributed by atoms with Crippen LogP contribution in [-0.4, -0.2) is 46.7 Å². The molecule has 1 aromatic heterocycles. The monoisotopic (exact) mass is 358 g/mol. The van der Waals surface area contributed by atoms with Crippen molar-refractivity contribution in [3.63, 3.8) is 0 Å². The molecule has 3 heterocycles. The maximum atomic E-state index is 12.9. The fraction of sp³-hybridized carbons (Fsp3) is 0.500. The van der Waals surface area contributed by atoms with Crippen LogP contribution in [-0.2, 0) is 27.8 Å². The zero-order chi connectivity index (χ0) is 18.3. The molecule has 0 radical (unpaired) electrons. The fourth-order valence-electron chi connectivity index (χ4n) is 3.91. The Hall–Kier alpha value is -2.45. The van der Waals surface area contributed by atoms with E-state index in [1.165, 1.54) is 4.57 Å². The molecule has 0 aliphatic carbocycles. The van der Waals surface area contributed by atoms with Gasteiger partial charge in [0.25, 0.3) is 0 Å². The number of nitrogens with zero attached hydrogens (tertiary/aromatic N) is 2. The Balaban J connectivity index is 1.77. The quantitative estimate of drug-likeness (QED) is 0.744. The van der Waals surface area contributed by atoms with Gasteiger partial charge in [0.1, 0.15) is 6.04 Å². The van der Waals surface area contributed by atoms with Crippen LogP contribution in [0.2, 0.25) is 0 Å². The van der Waals surface area contributed by atoms with Gasteiger partial charge in [-0.05, 0) is 18.1 Å². The van der Waals surface area contributed by atoms with Gasteiger partial charge in [-0.25, -0.2) is 4.79 Å². The molecular weight excluding hydrogens is 336 g/mol. The molecule has 8 heteroatoms. The van der Waals surface area contributed by atoms with Crippen molar-refractivity contribution in [1.29, 1.82) is 0 Å². The van der Waals surface area contributed by atoms with Gasteiger partial charge in [-0.15, -0.1) is 0 Å². The molecule has 2 amide bonds. The molecular formula is C18H22N4O4. The average molecular weight is 358 g/mol. The fourth-order valence-corrected chi connectivity index (χ4v) is 3.91. The minimum atomic E-state index is -0.660. The maximum Gasteiger partial charge on any atom is 0.329 e. The smallest absolute Gasteiger partial charge is 0.329 e. The lowest BCUT2D eigenvalue weighted by Gasteiger charge is -2.24. The van der Waals surface area contributed by atoms with Gasteiger partial charge in [0.05, 0.1) is 23.7 Å². The standard InChI is InChI=1S/C18H22N4O4/c1-21-16-11(9-12-10-19-7-8-26-12)3-2-4-13(16)22(18(21)25)14-5-6-15(23)20-17(14)24/h2-4,12,14,19H,5-10H2,1H3,(H,20,23,24)/t12-,14?/m0/s1. The molecule has 0 bridgehead atoms. The van der Waals surface area contributed by atoms with Gasteiger partial charge in [-0.1, -0.05) is 12.1 Å². The third-order valence-electron chi connectivity index (χ3n) is 5.16. The summed E-state index contributed by atoms with van der Waals surface area (Å²) in [6.07, 6.45) is 1.32. The van der Waals surface area contributed by atoms with Crippen molar-refractivity contribution in [3.05, 3.63) is 34.2 Å². The normalized spacial score (nSPS) is 24.0. The predicted molar refractivity (Wildman–Crippen MR) is 94.9 cm³/mol. The SMILES string of the molecule is Cn1c(=O)n(C2CCC(=O)NC2=O)c2cccc(C[C@H]3CNCCO3)c21. The van der Waals surface area contributed by atoms with E-state index in [1.807, 2.05) is 18.2 Å². The summed E-state index contributed by atoms with van der Waals surface area (Å²) in [6.45, 7) is 2.31. The van der Waals surface area contributed by atoms with Crippen molar-refractivity contribution < 1.29 is 14.3 Å². The Labute approximate surface area is 150 Å². The first-order valence-corrected chi connectivity index (χ1v) is 8.91. The number of hydrogen-bond acceptors (Lipinski definition) is 5. The molecule has 2 aromatic rings. The number of piperidine rings is 1. The van der Waals surface area contributed by atoms with Crippen LogP contribution in [0.4, 0.5) is 0 Å². The van der Waals surface area contributed by atoms with Crippen LogP contribution in [0.1, 0.15) is 24.4 Å². The number of aromatic nitrogens is 2. The first-order valence-electron chi connectivity index (χ1n) is 8.91. The summed E-state index contributed by atoms with van der Waals surface area (Å²) in [5.41, 5.74) is 2.30. The third-order valence-corrected chi connectivity index (χ3v) is 5.16. The second-order valence-corrected chi connectivity index (χ2v) is 6.86. The first-order chi connectivity index (χ1) is 12.6. The highest BCUT2D eigenvalue weighted by molar-refractivity contribution is 6.00. The molecule has 2 aliphatic rings. The zero-order valence-corrected chi connectivity index (χ0v) is 14.7. The van der Waals surface area contributed by atoms with Gasteiger partial charge in [0.2, 0.25) is 11.8 Å². The number of para-hydroxylation sites is 1. The van der Waals surface area contributed by atoms with Crippen molar-refractivity contribution in [2.45, 2.75) is 31.4 Å². The first kappa shape index (κ1) is 17.0. The summed E-state index contributed by atoms with van der Waals surface area (Å²) >= 11 is 0. The molecule has 8 nitrogen and oxygen atoms in total. The number of morpholine rings is 1. The van der Waals surface area contributed by atoms with E-state index in [9.17, 15) is 14.4 Å². The summed E-state index contributed by atoms with van der Waals surface area (Å²) in [5.74, 6) is -0.705. The number of amides is 2. The van der Waals surface area contributed by atoms with E-state index >= 15 is 0 Å². The zero-order valence-electron chi connectivity index (χ0n) is 14.7. The molecule has 26 heavy (non-hydrogen) atoms. The molecule has 2 fully saturated rings. The summed E-state index contributed by atoms with van der Waals surface area (Å²) in [6, 6.07) is 5.08. The van der Waals surface area contributed by atoms with E-state index in [0.29, 0.717) is 25.0 Å². The minimum absolute atomic E-state index is 0.0587. The number of carbonyl (C=O) groups is 2. The number of nitrogens with one attached hydrogen (secondary N) is 2. The number of ether oxygens (including phenoxy) is 1. The van der Waals surface area contributed by atoms with E-state index in [4.69, 9.17) is 4.74 Å². The highest BCUT2D eigenvalue weighted by Gasteiger charge is 2.31. The molecule has 2 N–H and O–H groups in total. The van der Waals surface area contributed by atoms with E-state index in [-0.39, 0.29) is 24.1 Å². The van der Waals surface area contributed by atoms with E-state index in [1.54, 1.807) is 11.6 Å². The Kier molecular flexibility index (Phi) is 4.37. The van der Waals surface area contributed by atoms with E-state index < -0.39 is 11.9 Å². The Morgan fingerprint density at radius 1 is 1.27 bits per heavy atom. The lowest BCUT2D eigenvalue weighted by Crippen LogP contribution is -2.44. The number of aryl methyl sites for hydroxylation is 1. The van der Waals surface area contributed by atoms with Crippen molar-refractivity contribution in [2.75, 3.05) is 19.7 Å². The predicted octanol–water partition coefficient (Wildman–Crippen LogP) is -0.151. The molecule has 138 valence electrons. The highest BCUT2D eigenvalue weighted by atomic mass is 16.5. The topological polar surface area (TPSA) is 94.4 Å². The molecule has 2 atom stereocenters. The third kappa shape index (κ3) is 2.85. The van der Waals surface area contributed by atoms with E-state index in [2.05, 4.69) is 10.6 Å². The Bertz CT molecular complexity index is 923. The van der Waals surface area contributed by atoms with E-state index in [0.717, 1.165) is 24.2 Å². The van der Waals surface area contributed by atoms with Crippen molar-refractivity contribution in [2.24, 2.45) is 7.05 Å². The molecule has 1 aromatic carbocycles. The van der Waals surface area contributed by atoms with Crippen LogP contribution in [0.15, 0.2) is 23.0 Å². The second-order valence-electron chi connectivity index (χ2n) is 6.86. The summed E-state index contributed by atoms with van der Waals surface area (Å²) in [4.78, 5) is 36.6. The molecule has 1 unspecified atom stereocenters. The summed E-state index contributed by atoms with van der Waals surface area (Å²) < 4.78 is 8.90. The Morgan fingerprint density at radius 3 is 2.85 bits per heavy atom. The number of carbonyl (C=O) groups excluding carboxylic acids is 2. The number of hydrogen-bond donors (Lipinski definition) is 2. The molecule has 2 saturated heterocycles. The van der Waals surface area contributed by atoms with Gasteiger partial charge >= 0.3 is 5.69 Å². The van der Waals surface area contributed by atoms with Crippen LogP contribution in [0, 0.1) is 0 Å². The number of imide groups is 1. The Morgan fingerprint density at radius 2 is 2.12 bits per heavy atom. The molecule has 0 saturated carbocycles. The second kappa shape index (κ2) is 6.69. The average Bonchev–Trinajstić information content (AvgIpc) is 2.88. The largest absolute Gasteiger partial charge is 0.375 e. The number of benzene rings is 1. The van der Waals surface area contributed by atoms with Crippen LogP contribution in [0.25, 0.3) is 11.0 Å². The highest BCUT2D eigenvalue weighted by Crippen LogP contribution is 2.25. The van der Waals surface area contributed by atoms with Crippen LogP contribution < -0.4 is 16.3 Å². The van der Waals surface area contributed by atoms with Gasteiger partial charge in [-0.3, -0.25) is 24.0 Å². The lowest BCUT2D eigenvalue weighted by molar-refractivity contribution is -0.135. The van der Waals surface area contributed by atoms with Crippen LogP contribution >= 0.6 is 0 Å². The maximum absolute atomic E-state index is 12.9. The molecule has 4 rings (SSSR count). The molecule has 2 aliphatic heterocycles. The number of imidazole rings is 1. The summed E-state index contributed by atoms with van der Waals surface area (Å²) in [5, 5.41) is 5.65.